The van der Waals surface area contributed by atoms with Crippen molar-refractivity contribution in [2.75, 3.05) is 7.11 Å². The molecule has 0 amide bonds. The Balaban J connectivity index is 2.24. The molecule has 1 heterocycles. The third kappa shape index (κ3) is 2.88. The number of benzene rings is 2. The van der Waals surface area contributed by atoms with E-state index in [-0.39, 0.29) is 6.23 Å². The standard InChI is InChI=1S/C17H13Cl2NO/c1-21-16-9-7-11-6-8-12(18)10-14(11)17(20-16)13-4-2-3-5-15(13)19/h2-10,16H,1H3. The molecule has 2 aromatic carbocycles. The van der Waals surface area contributed by atoms with Gasteiger partial charge in [0.05, 0.1) is 5.71 Å². The second-order valence-electron chi connectivity index (χ2n) is 4.67. The van der Waals surface area contributed by atoms with Crippen molar-refractivity contribution in [3.05, 3.63) is 75.3 Å². The number of aliphatic imine (C=N–C) groups is 1. The summed E-state index contributed by atoms with van der Waals surface area (Å²) in [5.41, 5.74) is 3.65. The molecule has 1 aliphatic rings. The lowest BCUT2D eigenvalue weighted by atomic mass is 9.97. The van der Waals surface area contributed by atoms with Gasteiger partial charge in [-0.1, -0.05) is 53.5 Å². The molecule has 0 bridgehead atoms. The predicted octanol–water partition coefficient (Wildman–Crippen LogP) is 4.83. The SMILES string of the molecule is COC1C=Cc2ccc(Cl)cc2C(c2ccccc2Cl)=N1. The van der Waals surface area contributed by atoms with E-state index in [1.54, 1.807) is 7.11 Å². The van der Waals surface area contributed by atoms with Crippen LogP contribution in [0, 0.1) is 0 Å². The highest BCUT2D eigenvalue weighted by atomic mass is 35.5. The summed E-state index contributed by atoms with van der Waals surface area (Å²) in [4.78, 5) is 4.67. The first-order valence-corrected chi connectivity index (χ1v) is 7.28. The molecule has 1 unspecified atom stereocenters. The van der Waals surface area contributed by atoms with Gasteiger partial charge in [-0.15, -0.1) is 0 Å². The number of halogens is 2. The zero-order valence-corrected chi connectivity index (χ0v) is 12.9. The topological polar surface area (TPSA) is 21.6 Å². The largest absolute Gasteiger partial charge is 0.356 e. The summed E-state index contributed by atoms with van der Waals surface area (Å²) in [5.74, 6) is 0. The van der Waals surface area contributed by atoms with Crippen LogP contribution in [0.15, 0.2) is 53.5 Å². The molecule has 0 fully saturated rings. The molecule has 2 nitrogen and oxygen atoms in total. The summed E-state index contributed by atoms with van der Waals surface area (Å²) in [6.07, 6.45) is 3.56. The Morgan fingerprint density at radius 1 is 1.05 bits per heavy atom. The Labute approximate surface area is 133 Å². The number of fused-ring (bicyclic) bond motifs is 1. The Bertz CT molecular complexity index is 737. The summed E-state index contributed by atoms with van der Waals surface area (Å²) in [7, 11) is 1.63. The first-order chi connectivity index (χ1) is 10.2. The molecule has 0 aromatic heterocycles. The van der Waals surface area contributed by atoms with Crippen molar-refractivity contribution in [3.8, 4) is 0 Å². The Morgan fingerprint density at radius 3 is 2.62 bits per heavy atom. The van der Waals surface area contributed by atoms with Crippen LogP contribution in [0.4, 0.5) is 0 Å². The van der Waals surface area contributed by atoms with E-state index in [1.807, 2.05) is 54.6 Å². The molecule has 1 aliphatic heterocycles. The highest BCUT2D eigenvalue weighted by Crippen LogP contribution is 2.27. The molecule has 3 rings (SSSR count). The first-order valence-electron chi connectivity index (χ1n) is 6.52. The zero-order valence-electron chi connectivity index (χ0n) is 11.4. The molecule has 4 heteroatoms. The van der Waals surface area contributed by atoms with E-state index in [0.29, 0.717) is 10.0 Å². The maximum absolute atomic E-state index is 6.33. The lowest BCUT2D eigenvalue weighted by Gasteiger charge is -2.12. The van der Waals surface area contributed by atoms with Gasteiger partial charge in [-0.3, -0.25) is 0 Å². The van der Waals surface area contributed by atoms with E-state index in [1.165, 1.54) is 0 Å². The van der Waals surface area contributed by atoms with Crippen molar-refractivity contribution in [1.29, 1.82) is 0 Å². The average Bonchev–Trinajstić information content (AvgIpc) is 2.67. The van der Waals surface area contributed by atoms with Crippen molar-refractivity contribution in [2.45, 2.75) is 6.23 Å². The zero-order chi connectivity index (χ0) is 14.8. The van der Waals surface area contributed by atoms with Crippen LogP contribution in [0.1, 0.15) is 16.7 Å². The van der Waals surface area contributed by atoms with Gasteiger partial charge in [0, 0.05) is 28.3 Å². The van der Waals surface area contributed by atoms with Crippen LogP contribution in [-0.4, -0.2) is 19.0 Å². The minimum atomic E-state index is -0.345. The van der Waals surface area contributed by atoms with Crippen LogP contribution >= 0.6 is 23.2 Å². The van der Waals surface area contributed by atoms with E-state index in [0.717, 1.165) is 22.4 Å². The van der Waals surface area contributed by atoms with E-state index in [9.17, 15) is 0 Å². The van der Waals surface area contributed by atoms with Crippen LogP contribution < -0.4 is 0 Å². The molecule has 106 valence electrons. The van der Waals surface area contributed by atoms with Gasteiger partial charge in [0.1, 0.15) is 0 Å². The molecule has 21 heavy (non-hydrogen) atoms. The predicted molar refractivity (Wildman–Crippen MR) is 88.4 cm³/mol. The number of methoxy groups -OCH3 is 1. The molecule has 0 saturated carbocycles. The lowest BCUT2D eigenvalue weighted by Crippen LogP contribution is -2.10. The van der Waals surface area contributed by atoms with Crippen molar-refractivity contribution in [2.24, 2.45) is 4.99 Å². The fourth-order valence-corrected chi connectivity index (χ4v) is 2.70. The molecule has 2 aromatic rings. The molecule has 0 spiro atoms. The van der Waals surface area contributed by atoms with Gasteiger partial charge in [-0.2, -0.15) is 0 Å². The second kappa shape index (κ2) is 6.02. The van der Waals surface area contributed by atoms with Crippen molar-refractivity contribution < 1.29 is 4.74 Å². The highest BCUT2D eigenvalue weighted by Gasteiger charge is 2.18. The van der Waals surface area contributed by atoms with Crippen LogP contribution in [0.3, 0.4) is 0 Å². The Morgan fingerprint density at radius 2 is 1.86 bits per heavy atom. The van der Waals surface area contributed by atoms with Gasteiger partial charge in [0.2, 0.25) is 0 Å². The number of ether oxygens (including phenoxy) is 1. The van der Waals surface area contributed by atoms with Crippen molar-refractivity contribution in [3.63, 3.8) is 0 Å². The summed E-state index contributed by atoms with van der Waals surface area (Å²) in [6.45, 7) is 0. The number of nitrogens with zero attached hydrogens (tertiary/aromatic N) is 1. The van der Waals surface area contributed by atoms with Gasteiger partial charge in [-0.05, 0) is 29.8 Å². The van der Waals surface area contributed by atoms with E-state index < -0.39 is 0 Å². The molecule has 0 saturated heterocycles. The van der Waals surface area contributed by atoms with E-state index in [4.69, 9.17) is 27.9 Å². The normalized spacial score (nSPS) is 17.1. The smallest absolute Gasteiger partial charge is 0.167 e. The summed E-state index contributed by atoms with van der Waals surface area (Å²) < 4.78 is 5.37. The molecular weight excluding hydrogens is 305 g/mol. The minimum Gasteiger partial charge on any atom is -0.356 e. The third-order valence-corrected chi connectivity index (χ3v) is 3.90. The van der Waals surface area contributed by atoms with Gasteiger partial charge >= 0.3 is 0 Å². The van der Waals surface area contributed by atoms with Gasteiger partial charge < -0.3 is 4.74 Å². The molecule has 0 N–H and O–H groups in total. The minimum absolute atomic E-state index is 0.345. The van der Waals surface area contributed by atoms with Crippen LogP contribution in [0.2, 0.25) is 10.0 Å². The number of hydrogen-bond acceptors (Lipinski definition) is 2. The van der Waals surface area contributed by atoms with Crippen molar-refractivity contribution in [1.82, 2.24) is 0 Å². The molecule has 0 radical (unpaired) electrons. The van der Waals surface area contributed by atoms with E-state index in [2.05, 4.69) is 4.99 Å². The van der Waals surface area contributed by atoms with Crippen LogP contribution in [-0.2, 0) is 4.74 Å². The second-order valence-corrected chi connectivity index (χ2v) is 5.52. The molecule has 1 atom stereocenters. The van der Waals surface area contributed by atoms with Crippen LogP contribution in [0.5, 0.6) is 0 Å². The molecule has 0 aliphatic carbocycles. The van der Waals surface area contributed by atoms with Gasteiger partial charge in [-0.25, -0.2) is 4.99 Å². The molecular formula is C17H13Cl2NO. The number of hydrogen-bond donors (Lipinski definition) is 0. The summed E-state index contributed by atoms with van der Waals surface area (Å²) in [5, 5.41) is 1.32. The average molecular weight is 318 g/mol. The van der Waals surface area contributed by atoms with Crippen molar-refractivity contribution >= 4 is 35.0 Å². The summed E-state index contributed by atoms with van der Waals surface area (Å²) >= 11 is 12.5. The quantitative estimate of drug-likeness (QED) is 0.777. The fraction of sp³-hybridized carbons (Fsp3) is 0.118. The first kappa shape index (κ1) is 14.3. The lowest BCUT2D eigenvalue weighted by molar-refractivity contribution is 0.149. The summed E-state index contributed by atoms with van der Waals surface area (Å²) in [6, 6.07) is 13.4. The maximum Gasteiger partial charge on any atom is 0.167 e. The third-order valence-electron chi connectivity index (χ3n) is 3.34. The Kier molecular flexibility index (Phi) is 4.11. The highest BCUT2D eigenvalue weighted by molar-refractivity contribution is 6.36. The van der Waals surface area contributed by atoms with Gasteiger partial charge in [0.25, 0.3) is 0 Å². The Hall–Kier alpha value is -1.61. The van der Waals surface area contributed by atoms with E-state index >= 15 is 0 Å². The van der Waals surface area contributed by atoms with Gasteiger partial charge in [0.15, 0.2) is 6.23 Å². The monoisotopic (exact) mass is 317 g/mol. The number of rotatable bonds is 2. The van der Waals surface area contributed by atoms with Crippen LogP contribution in [0.25, 0.3) is 6.08 Å². The maximum atomic E-state index is 6.33. The fourth-order valence-electron chi connectivity index (χ4n) is 2.30.